The van der Waals surface area contributed by atoms with Crippen LogP contribution in [0.4, 0.5) is 15.8 Å². The maximum absolute atomic E-state index is 14.3. The van der Waals surface area contributed by atoms with Gasteiger partial charge in [0.05, 0.1) is 22.7 Å². The van der Waals surface area contributed by atoms with Gasteiger partial charge >= 0.3 is 7.52 Å². The van der Waals surface area contributed by atoms with Crippen LogP contribution < -0.4 is 15.3 Å². The summed E-state index contributed by atoms with van der Waals surface area (Å²) in [5, 5.41) is 13.9. The molecule has 39 heavy (non-hydrogen) atoms. The Morgan fingerprint density at radius 3 is 2.59 bits per heavy atom. The summed E-state index contributed by atoms with van der Waals surface area (Å²) in [6.07, 6.45) is 1.12. The number of nitrogens with one attached hydrogen (secondary N) is 2. The van der Waals surface area contributed by atoms with Crippen molar-refractivity contribution in [2.45, 2.75) is 18.8 Å². The number of benzene rings is 3. The van der Waals surface area contributed by atoms with Gasteiger partial charge in [0.1, 0.15) is 23.0 Å². The molecular weight excluding hydrogens is 612 g/mol. The summed E-state index contributed by atoms with van der Waals surface area (Å²) < 4.78 is 57.8. The molecule has 0 aromatic heterocycles. The van der Waals surface area contributed by atoms with Crippen molar-refractivity contribution in [1.29, 1.82) is 0 Å². The smallest absolute Gasteiger partial charge is 0.346 e. The molecule has 1 aliphatic heterocycles. The van der Waals surface area contributed by atoms with E-state index < -0.39 is 40.3 Å². The third-order valence-corrected chi connectivity index (χ3v) is 9.15. The van der Waals surface area contributed by atoms with Crippen LogP contribution >= 0.6 is 23.4 Å². The Hall–Kier alpha value is -3.31. The SMILES string of the molecule is CC1(Cc2cccc(Br)c2)C(=O)C(C2=NP(=O)(O)c3cc(NS(C)(=O)=O)ccc3N2)=C(O)c2cc(F)ccc21. The van der Waals surface area contributed by atoms with Crippen molar-refractivity contribution < 1.29 is 32.2 Å². The van der Waals surface area contributed by atoms with E-state index in [9.17, 15) is 32.2 Å². The molecule has 9 nitrogen and oxygen atoms in total. The lowest BCUT2D eigenvalue weighted by Gasteiger charge is -2.36. The zero-order chi connectivity index (χ0) is 28.3. The van der Waals surface area contributed by atoms with Crippen LogP contribution in [-0.4, -0.2) is 36.3 Å². The van der Waals surface area contributed by atoms with Gasteiger partial charge in [-0.3, -0.25) is 14.1 Å². The van der Waals surface area contributed by atoms with Gasteiger partial charge < -0.3 is 15.3 Å². The van der Waals surface area contributed by atoms with Gasteiger partial charge in [-0.15, -0.1) is 0 Å². The van der Waals surface area contributed by atoms with Crippen molar-refractivity contribution in [3.05, 3.63) is 93.2 Å². The molecule has 0 spiro atoms. The van der Waals surface area contributed by atoms with E-state index in [4.69, 9.17) is 0 Å². The van der Waals surface area contributed by atoms with E-state index in [2.05, 4.69) is 30.7 Å². The summed E-state index contributed by atoms with van der Waals surface area (Å²) in [5.74, 6) is -2.15. The fraction of sp³-hybridized carbons (Fsp3) is 0.154. The van der Waals surface area contributed by atoms with Crippen molar-refractivity contribution in [3.63, 3.8) is 0 Å². The highest BCUT2D eigenvalue weighted by molar-refractivity contribution is 9.10. The lowest BCUT2D eigenvalue weighted by molar-refractivity contribution is -0.120. The predicted octanol–water partition coefficient (Wildman–Crippen LogP) is 4.65. The van der Waals surface area contributed by atoms with Gasteiger partial charge in [-0.1, -0.05) is 34.1 Å². The number of fused-ring (bicyclic) bond motifs is 2. The van der Waals surface area contributed by atoms with E-state index in [1.54, 1.807) is 6.92 Å². The number of anilines is 2. The molecule has 3 aromatic carbocycles. The largest absolute Gasteiger partial charge is 0.506 e. The zero-order valence-corrected chi connectivity index (χ0v) is 23.9. The van der Waals surface area contributed by atoms with E-state index in [1.807, 2.05) is 24.3 Å². The van der Waals surface area contributed by atoms with E-state index in [0.717, 1.165) is 22.4 Å². The van der Waals surface area contributed by atoms with E-state index in [1.165, 1.54) is 30.3 Å². The highest BCUT2D eigenvalue weighted by Crippen LogP contribution is 2.49. The van der Waals surface area contributed by atoms with E-state index in [0.29, 0.717) is 5.56 Å². The van der Waals surface area contributed by atoms with E-state index in [-0.39, 0.29) is 40.1 Å². The molecule has 0 bridgehead atoms. The van der Waals surface area contributed by atoms with Crippen LogP contribution in [0, 0.1) is 5.82 Å². The fourth-order valence-corrected chi connectivity index (χ4v) is 7.18. The van der Waals surface area contributed by atoms with Gasteiger partial charge in [-0.25, -0.2) is 12.8 Å². The van der Waals surface area contributed by atoms with Crippen LogP contribution in [0.5, 0.6) is 0 Å². The van der Waals surface area contributed by atoms with Gasteiger partial charge in [0.2, 0.25) is 10.0 Å². The Labute approximate surface area is 232 Å². The number of carbonyl (C=O) groups is 1. The highest BCUT2D eigenvalue weighted by atomic mass is 79.9. The summed E-state index contributed by atoms with van der Waals surface area (Å²) in [7, 11) is -8.19. The van der Waals surface area contributed by atoms with Crippen LogP contribution in [0.25, 0.3) is 5.76 Å². The predicted molar refractivity (Wildman–Crippen MR) is 152 cm³/mol. The first-order chi connectivity index (χ1) is 18.2. The van der Waals surface area contributed by atoms with Crippen LogP contribution in [0.3, 0.4) is 0 Å². The summed E-state index contributed by atoms with van der Waals surface area (Å²) in [6.45, 7) is 1.67. The lowest BCUT2D eigenvalue weighted by Crippen LogP contribution is -2.44. The average molecular weight is 634 g/mol. The fourth-order valence-electron chi connectivity index (χ4n) is 4.89. The third kappa shape index (κ3) is 5.05. The molecule has 202 valence electrons. The Morgan fingerprint density at radius 1 is 1.15 bits per heavy atom. The summed E-state index contributed by atoms with van der Waals surface area (Å²) in [5.41, 5.74) is -0.251. The minimum absolute atomic E-state index is 0.0489. The lowest BCUT2D eigenvalue weighted by atomic mass is 9.66. The number of ketones is 1. The second-order valence-corrected chi connectivity index (χ2v) is 14.0. The van der Waals surface area contributed by atoms with Crippen molar-refractivity contribution in [3.8, 4) is 0 Å². The van der Waals surface area contributed by atoms with Gasteiger partial charge in [0.25, 0.3) is 0 Å². The summed E-state index contributed by atoms with van der Waals surface area (Å²) in [4.78, 5) is 25.0. The topological polar surface area (TPSA) is 145 Å². The second kappa shape index (κ2) is 9.41. The molecule has 5 rings (SSSR count). The molecule has 2 unspecified atom stereocenters. The molecule has 2 aliphatic rings. The Bertz CT molecular complexity index is 1790. The standard InChI is InChI=1S/C26H22BrFN3O6PS/c1-26(13-14-4-3-5-15(27)10-14)19-8-6-16(28)11-18(19)23(32)22(24(26)33)25-29-20-9-7-17(31-39(2,36)37)12-21(20)38(34,35)30-25/h3-12,31-32H,13H2,1-2H3,(H2,29,30,34,35). The maximum atomic E-state index is 14.3. The van der Waals surface area contributed by atoms with Crippen molar-refractivity contribution in [2.24, 2.45) is 4.76 Å². The number of sulfonamides is 1. The molecule has 0 amide bonds. The number of amidine groups is 1. The number of hydrogen-bond acceptors (Lipinski definition) is 6. The molecule has 4 N–H and O–H groups in total. The Balaban J connectivity index is 1.65. The normalized spacial score (nSPS) is 22.5. The van der Waals surface area contributed by atoms with Gasteiger partial charge in [0.15, 0.2) is 5.78 Å². The molecule has 1 heterocycles. The molecular formula is C26H22BrFN3O6PS. The van der Waals surface area contributed by atoms with Gasteiger partial charge in [-0.2, -0.15) is 4.76 Å². The third-order valence-electron chi connectivity index (χ3n) is 6.58. The minimum Gasteiger partial charge on any atom is -0.506 e. The number of Topliss-reactive ketones (excluding diaryl/α,β-unsaturated/α-hetero) is 1. The average Bonchev–Trinajstić information content (AvgIpc) is 2.82. The quantitative estimate of drug-likeness (QED) is 0.299. The minimum atomic E-state index is -4.54. The van der Waals surface area contributed by atoms with Crippen LogP contribution in [0.15, 0.2) is 75.5 Å². The molecule has 0 radical (unpaired) electrons. The first kappa shape index (κ1) is 27.3. The molecule has 1 aliphatic carbocycles. The van der Waals surface area contributed by atoms with Crippen LogP contribution in [0.2, 0.25) is 0 Å². The molecule has 3 aromatic rings. The number of halogens is 2. The summed E-state index contributed by atoms with van der Waals surface area (Å²) in [6, 6.07) is 15.0. The molecule has 2 atom stereocenters. The monoisotopic (exact) mass is 633 g/mol. The Kier molecular flexibility index (Phi) is 6.58. The van der Waals surface area contributed by atoms with Crippen molar-refractivity contribution in [1.82, 2.24) is 0 Å². The number of hydrogen-bond donors (Lipinski definition) is 4. The Morgan fingerprint density at radius 2 is 1.90 bits per heavy atom. The molecule has 13 heteroatoms. The number of carbonyl (C=O) groups excluding carboxylic acids is 1. The first-order valence-electron chi connectivity index (χ1n) is 11.5. The number of aliphatic hydroxyl groups excluding tert-OH is 1. The van der Waals surface area contributed by atoms with Gasteiger partial charge in [-0.05, 0) is 66.9 Å². The zero-order valence-electron chi connectivity index (χ0n) is 20.6. The number of nitrogens with zero attached hydrogens (tertiary/aromatic N) is 1. The van der Waals surface area contributed by atoms with Crippen molar-refractivity contribution in [2.75, 3.05) is 16.3 Å². The molecule has 0 saturated heterocycles. The highest BCUT2D eigenvalue weighted by Gasteiger charge is 2.47. The van der Waals surface area contributed by atoms with E-state index >= 15 is 0 Å². The van der Waals surface area contributed by atoms with Gasteiger partial charge in [0, 0.05) is 15.7 Å². The molecule has 0 saturated carbocycles. The maximum Gasteiger partial charge on any atom is 0.346 e. The van der Waals surface area contributed by atoms with Crippen LogP contribution in [0.1, 0.15) is 23.6 Å². The second-order valence-electron chi connectivity index (χ2n) is 9.61. The number of aliphatic hydroxyl groups is 1. The number of rotatable bonds is 5. The summed E-state index contributed by atoms with van der Waals surface area (Å²) >= 11 is 3.42. The molecule has 0 fully saturated rings. The van der Waals surface area contributed by atoms with Crippen molar-refractivity contribution >= 4 is 67.5 Å². The van der Waals surface area contributed by atoms with Crippen LogP contribution in [-0.2, 0) is 31.2 Å². The first-order valence-corrected chi connectivity index (χ1v) is 15.8.